The molecular weight excluding hydrogens is 146 g/mol. The van der Waals surface area contributed by atoms with Gasteiger partial charge >= 0.3 is 0 Å². The van der Waals surface area contributed by atoms with Gasteiger partial charge in [0.2, 0.25) is 0 Å². The summed E-state index contributed by atoms with van der Waals surface area (Å²) in [4.78, 5) is 0. The molecule has 12 heavy (non-hydrogen) atoms. The van der Waals surface area contributed by atoms with Crippen LogP contribution in [0, 0.1) is 5.92 Å². The van der Waals surface area contributed by atoms with Crippen molar-refractivity contribution in [2.45, 2.75) is 65.0 Å². The van der Waals surface area contributed by atoms with Gasteiger partial charge in [-0.15, -0.1) is 0 Å². The van der Waals surface area contributed by atoms with Gasteiger partial charge in [-0.3, -0.25) is 0 Å². The lowest BCUT2D eigenvalue weighted by atomic mass is 9.85. The molecule has 0 bridgehead atoms. The molecule has 1 heteroatoms. The summed E-state index contributed by atoms with van der Waals surface area (Å²) in [6.45, 7) is 6.94. The van der Waals surface area contributed by atoms with E-state index in [2.05, 4.69) is 26.1 Å². The van der Waals surface area contributed by atoms with Crippen molar-refractivity contribution in [2.24, 2.45) is 5.92 Å². The fourth-order valence-corrected chi connectivity index (χ4v) is 2.05. The Hall–Kier alpha value is -0.0400. The first-order chi connectivity index (χ1) is 5.74. The van der Waals surface area contributed by atoms with Gasteiger partial charge in [-0.25, -0.2) is 0 Å². The van der Waals surface area contributed by atoms with Gasteiger partial charge in [-0.1, -0.05) is 26.7 Å². The van der Waals surface area contributed by atoms with Crippen molar-refractivity contribution in [3.8, 4) is 0 Å². The molecule has 0 spiro atoms. The molecule has 1 saturated carbocycles. The maximum absolute atomic E-state index is 3.72. The first kappa shape index (κ1) is 10.0. The molecule has 0 radical (unpaired) electrons. The van der Waals surface area contributed by atoms with Crippen LogP contribution in [0.3, 0.4) is 0 Å². The number of rotatable bonds is 3. The Morgan fingerprint density at radius 1 is 1.33 bits per heavy atom. The quantitative estimate of drug-likeness (QED) is 0.685. The SMILES string of the molecule is CC[C@H](C)N[C@H]1CCCC[C@H]1C. The molecule has 0 saturated heterocycles. The second kappa shape index (κ2) is 4.86. The van der Waals surface area contributed by atoms with Crippen LogP contribution in [-0.4, -0.2) is 12.1 Å². The van der Waals surface area contributed by atoms with Crippen molar-refractivity contribution < 1.29 is 0 Å². The maximum Gasteiger partial charge on any atom is 0.00951 e. The topological polar surface area (TPSA) is 12.0 Å². The third kappa shape index (κ3) is 2.78. The van der Waals surface area contributed by atoms with Crippen LogP contribution >= 0.6 is 0 Å². The minimum atomic E-state index is 0.704. The van der Waals surface area contributed by atoms with Crippen LogP contribution in [0.15, 0.2) is 0 Å². The largest absolute Gasteiger partial charge is 0.311 e. The standard InChI is InChI=1S/C11H23N/c1-4-10(3)12-11-8-6-5-7-9(11)2/h9-12H,4-8H2,1-3H3/t9-,10+,11+/m1/s1. The van der Waals surface area contributed by atoms with Crippen LogP contribution in [0.25, 0.3) is 0 Å². The monoisotopic (exact) mass is 169 g/mol. The lowest BCUT2D eigenvalue weighted by Gasteiger charge is -2.31. The zero-order valence-corrected chi connectivity index (χ0v) is 8.77. The Morgan fingerprint density at radius 2 is 2.00 bits per heavy atom. The lowest BCUT2D eigenvalue weighted by molar-refractivity contribution is 0.260. The molecule has 1 aliphatic carbocycles. The third-order valence-electron chi connectivity index (χ3n) is 3.22. The molecule has 0 unspecified atom stereocenters. The number of nitrogens with one attached hydrogen (secondary N) is 1. The van der Waals surface area contributed by atoms with Crippen molar-refractivity contribution in [1.82, 2.24) is 5.32 Å². The van der Waals surface area contributed by atoms with Crippen molar-refractivity contribution in [1.29, 1.82) is 0 Å². The van der Waals surface area contributed by atoms with E-state index < -0.39 is 0 Å². The summed E-state index contributed by atoms with van der Waals surface area (Å²) in [6, 6.07) is 1.50. The Kier molecular flexibility index (Phi) is 4.07. The van der Waals surface area contributed by atoms with Gasteiger partial charge in [0.1, 0.15) is 0 Å². The van der Waals surface area contributed by atoms with Gasteiger partial charge in [0.25, 0.3) is 0 Å². The summed E-state index contributed by atoms with van der Waals surface area (Å²) in [5.41, 5.74) is 0. The molecule has 0 aliphatic heterocycles. The molecule has 3 atom stereocenters. The van der Waals surface area contributed by atoms with Crippen LogP contribution in [0.1, 0.15) is 52.9 Å². The van der Waals surface area contributed by atoms with E-state index in [9.17, 15) is 0 Å². The van der Waals surface area contributed by atoms with Gasteiger partial charge in [-0.2, -0.15) is 0 Å². The van der Waals surface area contributed by atoms with Crippen LogP contribution in [0.2, 0.25) is 0 Å². The van der Waals surface area contributed by atoms with Gasteiger partial charge in [0.15, 0.2) is 0 Å². The van der Waals surface area contributed by atoms with Gasteiger partial charge < -0.3 is 5.32 Å². The minimum absolute atomic E-state index is 0.704. The van der Waals surface area contributed by atoms with Crippen molar-refractivity contribution in [3.05, 3.63) is 0 Å². The molecule has 1 fully saturated rings. The lowest BCUT2D eigenvalue weighted by Crippen LogP contribution is -2.41. The van der Waals surface area contributed by atoms with E-state index in [1.165, 1.54) is 32.1 Å². The van der Waals surface area contributed by atoms with E-state index in [0.29, 0.717) is 6.04 Å². The zero-order valence-electron chi connectivity index (χ0n) is 8.77. The van der Waals surface area contributed by atoms with Gasteiger partial charge in [-0.05, 0) is 32.1 Å². The van der Waals surface area contributed by atoms with Crippen LogP contribution in [0.4, 0.5) is 0 Å². The van der Waals surface area contributed by atoms with Crippen molar-refractivity contribution in [3.63, 3.8) is 0 Å². The highest BCUT2D eigenvalue weighted by atomic mass is 14.9. The highest BCUT2D eigenvalue weighted by Gasteiger charge is 2.21. The molecular formula is C11H23N. The molecule has 1 nitrogen and oxygen atoms in total. The summed E-state index contributed by atoms with van der Waals surface area (Å²) in [5, 5.41) is 3.72. The molecule has 0 aromatic carbocycles. The minimum Gasteiger partial charge on any atom is -0.311 e. The molecule has 1 aliphatic rings. The van der Waals surface area contributed by atoms with Crippen LogP contribution in [0.5, 0.6) is 0 Å². The van der Waals surface area contributed by atoms with Crippen LogP contribution < -0.4 is 5.32 Å². The summed E-state index contributed by atoms with van der Waals surface area (Å²) in [6.07, 6.45) is 6.95. The fraction of sp³-hybridized carbons (Fsp3) is 1.00. The first-order valence-electron chi connectivity index (χ1n) is 5.50. The predicted molar refractivity (Wildman–Crippen MR) is 54.3 cm³/mol. The molecule has 1 N–H and O–H groups in total. The molecule has 0 heterocycles. The average Bonchev–Trinajstić information content (AvgIpc) is 2.09. The predicted octanol–water partition coefficient (Wildman–Crippen LogP) is 2.95. The van der Waals surface area contributed by atoms with E-state index in [0.717, 1.165) is 12.0 Å². The first-order valence-corrected chi connectivity index (χ1v) is 5.50. The molecule has 0 amide bonds. The summed E-state index contributed by atoms with van der Waals surface area (Å²) < 4.78 is 0. The molecule has 0 aromatic heterocycles. The summed E-state index contributed by atoms with van der Waals surface area (Å²) >= 11 is 0. The number of hydrogen-bond donors (Lipinski definition) is 1. The van der Waals surface area contributed by atoms with E-state index in [4.69, 9.17) is 0 Å². The molecule has 72 valence electrons. The normalized spacial score (nSPS) is 33.2. The van der Waals surface area contributed by atoms with Crippen molar-refractivity contribution in [2.75, 3.05) is 0 Å². The van der Waals surface area contributed by atoms with E-state index in [1.807, 2.05) is 0 Å². The van der Waals surface area contributed by atoms with Crippen molar-refractivity contribution >= 4 is 0 Å². The van der Waals surface area contributed by atoms with Gasteiger partial charge in [0.05, 0.1) is 0 Å². The van der Waals surface area contributed by atoms with Gasteiger partial charge in [0, 0.05) is 12.1 Å². The van der Waals surface area contributed by atoms with Crippen LogP contribution in [-0.2, 0) is 0 Å². The fourth-order valence-electron chi connectivity index (χ4n) is 2.05. The Labute approximate surface area is 76.9 Å². The van der Waals surface area contributed by atoms with E-state index >= 15 is 0 Å². The summed E-state index contributed by atoms with van der Waals surface area (Å²) in [5.74, 6) is 0.896. The second-order valence-electron chi connectivity index (χ2n) is 4.34. The summed E-state index contributed by atoms with van der Waals surface area (Å²) in [7, 11) is 0. The second-order valence-corrected chi connectivity index (χ2v) is 4.34. The molecule has 1 rings (SSSR count). The Morgan fingerprint density at radius 3 is 2.58 bits per heavy atom. The van der Waals surface area contributed by atoms with E-state index in [-0.39, 0.29) is 0 Å². The average molecular weight is 169 g/mol. The Bertz CT molecular complexity index is 122. The maximum atomic E-state index is 3.72. The highest BCUT2D eigenvalue weighted by molar-refractivity contribution is 4.79. The third-order valence-corrected chi connectivity index (χ3v) is 3.22. The molecule has 0 aromatic rings. The Balaban J connectivity index is 2.28. The zero-order chi connectivity index (χ0) is 8.97. The highest BCUT2D eigenvalue weighted by Crippen LogP contribution is 2.24. The van der Waals surface area contributed by atoms with E-state index in [1.54, 1.807) is 0 Å². The smallest absolute Gasteiger partial charge is 0.00951 e. The number of hydrogen-bond acceptors (Lipinski definition) is 1.